The van der Waals surface area contributed by atoms with E-state index in [2.05, 4.69) is 21.2 Å². The quantitative estimate of drug-likeness (QED) is 0.750. The average Bonchev–Trinajstić information content (AvgIpc) is 2.64. The minimum Gasteiger partial charge on any atom is -0.379 e. The van der Waals surface area contributed by atoms with Gasteiger partial charge in [-0.3, -0.25) is 4.79 Å². The molecule has 0 spiro atoms. The first kappa shape index (κ1) is 20.8. The summed E-state index contributed by atoms with van der Waals surface area (Å²) in [6, 6.07) is 4.95. The Hall–Kier alpha value is -0.960. The fraction of sp³-hybridized carbons (Fsp3) is 0.632. The Bertz CT molecular complexity index is 755. The summed E-state index contributed by atoms with van der Waals surface area (Å²) < 4.78 is 33.1. The maximum Gasteiger partial charge on any atom is 0.251 e. The molecule has 1 saturated heterocycles. The van der Waals surface area contributed by atoms with E-state index in [-0.39, 0.29) is 16.8 Å². The number of nitrogens with one attached hydrogen (secondary N) is 1. The Morgan fingerprint density at radius 3 is 2.37 bits per heavy atom. The van der Waals surface area contributed by atoms with Gasteiger partial charge in [-0.1, -0.05) is 32.1 Å². The number of carbonyl (C=O) groups excluding carboxylic acids is 1. The van der Waals surface area contributed by atoms with E-state index in [0.29, 0.717) is 36.3 Å². The first-order chi connectivity index (χ1) is 13.0. The Morgan fingerprint density at radius 1 is 1.07 bits per heavy atom. The van der Waals surface area contributed by atoms with Crippen molar-refractivity contribution >= 4 is 31.9 Å². The van der Waals surface area contributed by atoms with E-state index >= 15 is 0 Å². The molecule has 1 amide bonds. The van der Waals surface area contributed by atoms with Gasteiger partial charge in [0.25, 0.3) is 5.91 Å². The van der Waals surface area contributed by atoms with E-state index in [1.807, 2.05) is 0 Å². The van der Waals surface area contributed by atoms with Gasteiger partial charge in [-0.15, -0.1) is 0 Å². The molecule has 1 aliphatic heterocycles. The average molecular weight is 459 g/mol. The van der Waals surface area contributed by atoms with Crippen molar-refractivity contribution in [1.29, 1.82) is 0 Å². The van der Waals surface area contributed by atoms with Gasteiger partial charge < -0.3 is 10.1 Å². The second-order valence-electron chi connectivity index (χ2n) is 7.18. The number of sulfonamides is 1. The zero-order chi connectivity index (χ0) is 19.3. The van der Waals surface area contributed by atoms with Crippen LogP contribution in [0, 0.1) is 0 Å². The number of ether oxygens (including phenoxy) is 1. The molecule has 0 bridgehead atoms. The zero-order valence-corrected chi connectivity index (χ0v) is 17.9. The lowest BCUT2D eigenvalue weighted by Crippen LogP contribution is -2.41. The third-order valence-corrected chi connectivity index (χ3v) is 8.11. The van der Waals surface area contributed by atoms with E-state index in [9.17, 15) is 13.2 Å². The Morgan fingerprint density at radius 2 is 1.70 bits per heavy atom. The molecule has 2 aliphatic rings. The van der Waals surface area contributed by atoms with Crippen molar-refractivity contribution < 1.29 is 17.9 Å². The molecule has 0 atom stereocenters. The van der Waals surface area contributed by atoms with Crippen LogP contribution in [-0.4, -0.2) is 51.0 Å². The summed E-state index contributed by atoms with van der Waals surface area (Å²) in [5.74, 6) is -0.202. The van der Waals surface area contributed by atoms with Gasteiger partial charge in [-0.05, 0) is 47.0 Å². The summed E-state index contributed by atoms with van der Waals surface area (Å²) in [6.07, 6.45) is 7.93. The van der Waals surface area contributed by atoms with Crippen LogP contribution in [0.5, 0.6) is 0 Å². The number of morpholine rings is 1. The molecule has 6 nitrogen and oxygen atoms in total. The largest absolute Gasteiger partial charge is 0.379 e. The third kappa shape index (κ3) is 5.31. The molecule has 1 aromatic carbocycles. The van der Waals surface area contributed by atoms with Crippen molar-refractivity contribution in [2.45, 2.75) is 55.9 Å². The highest BCUT2D eigenvalue weighted by atomic mass is 79.9. The standard InChI is InChI=1S/C19H27BrN2O4S/c20-17-9-8-15(19(23)21-16-6-4-2-1-3-5-7-16)14-18(17)27(24,25)22-10-12-26-13-11-22/h8-9,14,16H,1-7,10-13H2,(H,21,23). The minimum atomic E-state index is -3.67. The molecule has 0 radical (unpaired) electrons. The summed E-state index contributed by atoms with van der Waals surface area (Å²) >= 11 is 3.33. The number of hydrogen-bond donors (Lipinski definition) is 1. The number of nitrogens with zero attached hydrogens (tertiary/aromatic N) is 1. The van der Waals surface area contributed by atoms with E-state index in [0.717, 1.165) is 25.7 Å². The number of rotatable bonds is 4. The predicted molar refractivity (Wildman–Crippen MR) is 107 cm³/mol. The van der Waals surface area contributed by atoms with Crippen molar-refractivity contribution in [2.24, 2.45) is 0 Å². The zero-order valence-electron chi connectivity index (χ0n) is 15.5. The number of amides is 1. The predicted octanol–water partition coefficient (Wildman–Crippen LogP) is 3.31. The molecule has 0 unspecified atom stereocenters. The maximum atomic E-state index is 13.0. The highest BCUT2D eigenvalue weighted by molar-refractivity contribution is 9.10. The molecule has 0 aromatic heterocycles. The maximum absolute atomic E-state index is 13.0. The molecule has 2 fully saturated rings. The van der Waals surface area contributed by atoms with E-state index in [1.54, 1.807) is 12.1 Å². The monoisotopic (exact) mass is 458 g/mol. The van der Waals surface area contributed by atoms with Crippen LogP contribution in [0.25, 0.3) is 0 Å². The molecule has 8 heteroatoms. The van der Waals surface area contributed by atoms with E-state index in [4.69, 9.17) is 4.74 Å². The number of benzene rings is 1. The van der Waals surface area contributed by atoms with Gasteiger partial charge in [-0.25, -0.2) is 8.42 Å². The second-order valence-corrected chi connectivity index (χ2v) is 9.94. The topological polar surface area (TPSA) is 75.7 Å². The Kier molecular flexibility index (Phi) is 7.30. The summed E-state index contributed by atoms with van der Waals surface area (Å²) in [4.78, 5) is 12.9. The smallest absolute Gasteiger partial charge is 0.251 e. The molecular formula is C19H27BrN2O4S. The van der Waals surface area contributed by atoms with Gasteiger partial charge in [-0.2, -0.15) is 4.31 Å². The molecule has 150 valence electrons. The third-order valence-electron chi connectivity index (χ3n) is 5.22. The van der Waals surface area contributed by atoms with Crippen molar-refractivity contribution in [3.8, 4) is 0 Å². The molecule has 1 N–H and O–H groups in total. The van der Waals surface area contributed by atoms with Gasteiger partial charge in [0.05, 0.1) is 18.1 Å². The number of carbonyl (C=O) groups is 1. The SMILES string of the molecule is O=C(NC1CCCCCCC1)c1ccc(Br)c(S(=O)(=O)N2CCOCC2)c1. The Balaban J connectivity index is 1.76. The first-order valence-corrected chi connectivity index (χ1v) is 11.9. The van der Waals surface area contributed by atoms with Gasteiger partial charge in [0.2, 0.25) is 10.0 Å². The summed E-state index contributed by atoms with van der Waals surface area (Å²) in [6.45, 7) is 1.43. The summed E-state index contributed by atoms with van der Waals surface area (Å²) in [5, 5.41) is 3.10. The van der Waals surface area contributed by atoms with Gasteiger partial charge >= 0.3 is 0 Å². The summed E-state index contributed by atoms with van der Waals surface area (Å²) in [7, 11) is -3.67. The van der Waals surface area contributed by atoms with Crippen LogP contribution in [0.3, 0.4) is 0 Å². The lowest BCUT2D eigenvalue weighted by atomic mass is 9.96. The van der Waals surface area contributed by atoms with Crippen molar-refractivity contribution in [2.75, 3.05) is 26.3 Å². The van der Waals surface area contributed by atoms with Gasteiger partial charge in [0.15, 0.2) is 0 Å². The lowest BCUT2D eigenvalue weighted by molar-refractivity contribution is 0.0730. The van der Waals surface area contributed by atoms with Crippen LogP contribution < -0.4 is 5.32 Å². The van der Waals surface area contributed by atoms with Gasteiger partial charge in [0.1, 0.15) is 0 Å². The highest BCUT2D eigenvalue weighted by Gasteiger charge is 2.29. The van der Waals surface area contributed by atoms with Gasteiger partial charge in [0, 0.05) is 29.2 Å². The van der Waals surface area contributed by atoms with E-state index < -0.39 is 10.0 Å². The summed E-state index contributed by atoms with van der Waals surface area (Å²) in [5.41, 5.74) is 0.382. The van der Waals surface area contributed by atoms with Crippen LogP contribution in [0.1, 0.15) is 55.3 Å². The molecule has 27 heavy (non-hydrogen) atoms. The van der Waals surface area contributed by atoms with Crippen LogP contribution >= 0.6 is 15.9 Å². The lowest BCUT2D eigenvalue weighted by Gasteiger charge is -2.26. The van der Waals surface area contributed by atoms with Crippen LogP contribution in [0.4, 0.5) is 0 Å². The normalized spacial score (nSPS) is 20.6. The molecule has 1 aromatic rings. The highest BCUT2D eigenvalue weighted by Crippen LogP contribution is 2.27. The fourth-order valence-corrected chi connectivity index (χ4v) is 6.00. The van der Waals surface area contributed by atoms with Crippen LogP contribution in [0.15, 0.2) is 27.6 Å². The first-order valence-electron chi connectivity index (χ1n) is 9.67. The van der Waals surface area contributed by atoms with Crippen molar-refractivity contribution in [1.82, 2.24) is 9.62 Å². The number of hydrogen-bond acceptors (Lipinski definition) is 4. The number of halogens is 1. The molecule has 3 rings (SSSR count). The van der Waals surface area contributed by atoms with Crippen molar-refractivity contribution in [3.05, 3.63) is 28.2 Å². The molecule has 1 saturated carbocycles. The Labute approximate surface area is 169 Å². The minimum absolute atomic E-state index is 0.134. The van der Waals surface area contributed by atoms with Crippen LogP contribution in [0.2, 0.25) is 0 Å². The fourth-order valence-electron chi connectivity index (χ4n) is 3.64. The van der Waals surface area contributed by atoms with Crippen molar-refractivity contribution in [3.63, 3.8) is 0 Å². The van der Waals surface area contributed by atoms with Crippen LogP contribution in [-0.2, 0) is 14.8 Å². The molecule has 1 heterocycles. The second kappa shape index (κ2) is 9.49. The molecule has 1 aliphatic carbocycles. The molecular weight excluding hydrogens is 432 g/mol. The van der Waals surface area contributed by atoms with E-state index in [1.165, 1.54) is 29.6 Å².